The van der Waals surface area contributed by atoms with E-state index >= 15 is 0 Å². The third-order valence-electron chi connectivity index (χ3n) is 2.88. The van der Waals surface area contributed by atoms with Gasteiger partial charge >= 0.3 is 6.03 Å². The van der Waals surface area contributed by atoms with Gasteiger partial charge in [-0.1, -0.05) is 18.7 Å². The predicted octanol–water partition coefficient (Wildman–Crippen LogP) is 0.861. The Balaban J connectivity index is 2.26. The van der Waals surface area contributed by atoms with Crippen molar-refractivity contribution >= 4 is 11.9 Å². The van der Waals surface area contributed by atoms with Crippen molar-refractivity contribution in [1.29, 1.82) is 0 Å². The molecule has 1 unspecified atom stereocenters. The maximum atomic E-state index is 11.5. The summed E-state index contributed by atoms with van der Waals surface area (Å²) in [7, 11) is 0. The Labute approximate surface area is 82.1 Å². The van der Waals surface area contributed by atoms with E-state index in [0.29, 0.717) is 19.3 Å². The first-order chi connectivity index (χ1) is 6.53. The van der Waals surface area contributed by atoms with Crippen LogP contribution < -0.4 is 10.6 Å². The van der Waals surface area contributed by atoms with E-state index in [2.05, 4.69) is 23.8 Å². The number of nitrogens with one attached hydrogen (secondary N) is 2. The molecule has 1 heterocycles. The van der Waals surface area contributed by atoms with E-state index in [0.717, 1.165) is 11.1 Å². The molecule has 0 radical (unpaired) electrons. The van der Waals surface area contributed by atoms with Crippen LogP contribution in [0.2, 0.25) is 0 Å². The van der Waals surface area contributed by atoms with E-state index < -0.39 is 11.6 Å². The number of amides is 3. The van der Waals surface area contributed by atoms with Crippen molar-refractivity contribution in [3.8, 4) is 0 Å². The summed E-state index contributed by atoms with van der Waals surface area (Å²) in [5, 5.41) is 4.92. The number of carbonyl (C=O) groups excluding carboxylic acids is 2. The zero-order valence-corrected chi connectivity index (χ0v) is 7.85. The van der Waals surface area contributed by atoms with E-state index in [4.69, 9.17) is 0 Å². The summed E-state index contributed by atoms with van der Waals surface area (Å²) in [6.07, 6.45) is 1.80. The average molecular weight is 192 g/mol. The first-order valence-electron chi connectivity index (χ1n) is 4.53. The first-order valence-corrected chi connectivity index (χ1v) is 4.53. The molecular weight excluding hydrogens is 180 g/mol. The van der Waals surface area contributed by atoms with Crippen LogP contribution in [0.1, 0.15) is 19.3 Å². The molecule has 2 rings (SSSR count). The van der Waals surface area contributed by atoms with Crippen molar-refractivity contribution in [2.24, 2.45) is 0 Å². The molecule has 0 aromatic rings. The molecule has 4 heteroatoms. The lowest BCUT2D eigenvalue weighted by atomic mass is 9.77. The molecular formula is C10H12N2O2. The Hall–Kier alpha value is -1.58. The van der Waals surface area contributed by atoms with Gasteiger partial charge in [0.1, 0.15) is 5.54 Å². The van der Waals surface area contributed by atoms with Gasteiger partial charge in [-0.25, -0.2) is 4.79 Å². The van der Waals surface area contributed by atoms with Gasteiger partial charge in [0.05, 0.1) is 0 Å². The fraction of sp³-hybridized carbons (Fsp3) is 0.400. The van der Waals surface area contributed by atoms with Crippen molar-refractivity contribution in [2.75, 3.05) is 0 Å². The van der Waals surface area contributed by atoms with Crippen molar-refractivity contribution in [3.05, 3.63) is 24.3 Å². The van der Waals surface area contributed by atoms with Crippen LogP contribution in [0.4, 0.5) is 4.79 Å². The summed E-state index contributed by atoms with van der Waals surface area (Å²) < 4.78 is 0. The molecule has 1 spiro atoms. The molecule has 1 atom stereocenters. The normalized spacial score (nSPS) is 32.0. The molecule has 1 saturated carbocycles. The highest BCUT2D eigenvalue weighted by atomic mass is 16.2. The topological polar surface area (TPSA) is 58.2 Å². The summed E-state index contributed by atoms with van der Waals surface area (Å²) in [5.41, 5.74) is 1.08. The highest BCUT2D eigenvalue weighted by Crippen LogP contribution is 2.35. The van der Waals surface area contributed by atoms with Gasteiger partial charge in [-0.05, 0) is 18.4 Å². The fourth-order valence-electron chi connectivity index (χ4n) is 1.95. The molecule has 3 amide bonds. The van der Waals surface area contributed by atoms with Crippen LogP contribution in [0.15, 0.2) is 24.3 Å². The number of rotatable bonds is 0. The first kappa shape index (κ1) is 8.99. The lowest BCUT2D eigenvalue weighted by Gasteiger charge is -2.32. The Morgan fingerprint density at radius 2 is 1.93 bits per heavy atom. The van der Waals surface area contributed by atoms with Crippen LogP contribution in [0.3, 0.4) is 0 Å². The third-order valence-corrected chi connectivity index (χ3v) is 2.88. The van der Waals surface area contributed by atoms with Crippen LogP contribution >= 0.6 is 0 Å². The smallest absolute Gasteiger partial charge is 0.322 e. The van der Waals surface area contributed by atoms with E-state index in [-0.39, 0.29) is 5.91 Å². The predicted molar refractivity (Wildman–Crippen MR) is 51.5 cm³/mol. The summed E-state index contributed by atoms with van der Waals surface area (Å²) in [4.78, 5) is 22.6. The lowest BCUT2D eigenvalue weighted by Crippen LogP contribution is -2.48. The highest BCUT2D eigenvalue weighted by Gasteiger charge is 2.47. The quantitative estimate of drug-likeness (QED) is 0.559. The van der Waals surface area contributed by atoms with Gasteiger partial charge in [0.25, 0.3) is 5.91 Å². The monoisotopic (exact) mass is 192 g/mol. The maximum Gasteiger partial charge on any atom is 0.322 e. The molecule has 0 bridgehead atoms. The van der Waals surface area contributed by atoms with Crippen molar-refractivity contribution < 1.29 is 9.59 Å². The molecule has 1 aliphatic carbocycles. The highest BCUT2D eigenvalue weighted by molar-refractivity contribution is 6.07. The summed E-state index contributed by atoms with van der Waals surface area (Å²) in [6, 6.07) is -0.407. The molecule has 1 saturated heterocycles. The van der Waals surface area contributed by atoms with Crippen molar-refractivity contribution in [1.82, 2.24) is 10.6 Å². The van der Waals surface area contributed by atoms with Crippen LogP contribution in [0, 0.1) is 0 Å². The van der Waals surface area contributed by atoms with Gasteiger partial charge in [-0.15, -0.1) is 0 Å². The number of imide groups is 1. The fourth-order valence-corrected chi connectivity index (χ4v) is 1.95. The second kappa shape index (κ2) is 2.70. The molecule has 14 heavy (non-hydrogen) atoms. The molecule has 2 fully saturated rings. The van der Waals surface area contributed by atoms with E-state index in [1.165, 1.54) is 0 Å². The van der Waals surface area contributed by atoms with Gasteiger partial charge in [0.15, 0.2) is 0 Å². The minimum atomic E-state index is -0.755. The Morgan fingerprint density at radius 3 is 2.43 bits per heavy atom. The molecule has 1 aliphatic heterocycles. The summed E-state index contributed by atoms with van der Waals surface area (Å²) in [5.74, 6) is -0.240. The van der Waals surface area contributed by atoms with Crippen LogP contribution in [0.25, 0.3) is 0 Å². The number of hydrogen-bond acceptors (Lipinski definition) is 2. The number of urea groups is 1. The molecule has 2 aliphatic rings. The minimum Gasteiger partial charge on any atom is -0.323 e. The van der Waals surface area contributed by atoms with E-state index in [1.54, 1.807) is 0 Å². The molecule has 0 aromatic carbocycles. The molecule has 4 nitrogen and oxygen atoms in total. The Morgan fingerprint density at radius 1 is 1.21 bits per heavy atom. The van der Waals surface area contributed by atoms with Gasteiger partial charge in [-0.2, -0.15) is 0 Å². The van der Waals surface area contributed by atoms with Gasteiger partial charge < -0.3 is 5.32 Å². The number of carbonyl (C=O) groups is 2. The number of allylic oxidation sites excluding steroid dienone is 1. The van der Waals surface area contributed by atoms with Gasteiger partial charge in [0.2, 0.25) is 0 Å². The average Bonchev–Trinajstić information content (AvgIpc) is 2.36. The third kappa shape index (κ3) is 1.14. The Bertz CT molecular complexity index is 359. The molecule has 0 aromatic heterocycles. The maximum absolute atomic E-state index is 11.5. The standard InChI is InChI=1S/C10H12N2O2/c1-6-3-4-10(5-7(6)2)8(13)11-9(14)12-10/h1-5H2,(H2,11,12,13,14). The number of hydrogen-bond donors (Lipinski definition) is 2. The second-order valence-corrected chi connectivity index (χ2v) is 3.87. The van der Waals surface area contributed by atoms with Crippen molar-refractivity contribution in [2.45, 2.75) is 24.8 Å². The van der Waals surface area contributed by atoms with E-state index in [1.807, 2.05) is 0 Å². The molecule has 2 N–H and O–H groups in total. The van der Waals surface area contributed by atoms with Crippen molar-refractivity contribution in [3.63, 3.8) is 0 Å². The van der Waals surface area contributed by atoms with Gasteiger partial charge in [-0.3, -0.25) is 10.1 Å². The van der Waals surface area contributed by atoms with Crippen LogP contribution in [-0.2, 0) is 4.79 Å². The SMILES string of the molecule is C=C1CCC2(CC1=C)NC(=O)NC2=O. The molecule has 74 valence electrons. The zero-order valence-electron chi connectivity index (χ0n) is 7.85. The zero-order chi connectivity index (χ0) is 10.3. The minimum absolute atomic E-state index is 0.240. The lowest BCUT2D eigenvalue weighted by molar-refractivity contribution is -0.124. The Kier molecular flexibility index (Phi) is 1.74. The summed E-state index contributed by atoms with van der Waals surface area (Å²) >= 11 is 0. The second-order valence-electron chi connectivity index (χ2n) is 3.87. The largest absolute Gasteiger partial charge is 0.323 e. The van der Waals surface area contributed by atoms with Gasteiger partial charge in [0, 0.05) is 6.42 Å². The summed E-state index contributed by atoms with van der Waals surface area (Å²) in [6.45, 7) is 7.69. The van der Waals surface area contributed by atoms with Crippen LogP contribution in [-0.4, -0.2) is 17.5 Å². The van der Waals surface area contributed by atoms with E-state index in [9.17, 15) is 9.59 Å². The van der Waals surface area contributed by atoms with Crippen LogP contribution in [0.5, 0.6) is 0 Å².